The predicted octanol–water partition coefficient (Wildman–Crippen LogP) is 3.56. The minimum Gasteiger partial charge on any atom is -0.484 e. The summed E-state index contributed by atoms with van der Waals surface area (Å²) in [6.07, 6.45) is 2.76. The first kappa shape index (κ1) is 15.4. The maximum atomic E-state index is 11.8. The monoisotopic (exact) mass is 328 g/mol. The van der Waals surface area contributed by atoms with E-state index in [-0.39, 0.29) is 12.5 Å². The number of fused-ring (bicyclic) bond motifs is 1. The fraction of sp³-hybridized carbons (Fsp3) is 0.167. The minimum absolute atomic E-state index is 0.00445. The summed E-state index contributed by atoms with van der Waals surface area (Å²) in [7, 11) is 0. The summed E-state index contributed by atoms with van der Waals surface area (Å²) >= 11 is 5.80. The number of aromatic nitrogens is 1. The Bertz CT molecular complexity index is 796. The number of nitrogens with one attached hydrogen (secondary N) is 2. The van der Waals surface area contributed by atoms with Gasteiger partial charge in [0.05, 0.1) is 0 Å². The number of carbonyl (C=O) groups is 1. The fourth-order valence-electron chi connectivity index (χ4n) is 2.41. The molecule has 0 spiro atoms. The molecule has 1 aromatic heterocycles. The van der Waals surface area contributed by atoms with Gasteiger partial charge in [-0.2, -0.15) is 0 Å². The van der Waals surface area contributed by atoms with Gasteiger partial charge in [0.1, 0.15) is 5.75 Å². The van der Waals surface area contributed by atoms with E-state index in [2.05, 4.69) is 16.4 Å². The molecule has 3 rings (SSSR count). The number of H-pyrrole nitrogens is 1. The standard InChI is InChI=1S/C18H17ClN2O2/c19-14-5-7-15(8-6-14)23-12-18(22)20-10-9-13-11-21-17-4-2-1-3-16(13)17/h1-8,11,21H,9-10,12H2,(H,20,22). The first-order chi connectivity index (χ1) is 11.2. The van der Waals surface area contributed by atoms with Gasteiger partial charge >= 0.3 is 0 Å². The molecule has 0 aliphatic heterocycles. The normalized spacial score (nSPS) is 10.7. The minimum atomic E-state index is -0.139. The Kier molecular flexibility index (Phi) is 4.83. The second-order valence-electron chi connectivity index (χ2n) is 5.20. The Hall–Kier alpha value is -2.46. The lowest BCUT2D eigenvalue weighted by Gasteiger charge is -2.07. The Morgan fingerprint density at radius 1 is 1.13 bits per heavy atom. The van der Waals surface area contributed by atoms with Crippen LogP contribution in [0.25, 0.3) is 10.9 Å². The Morgan fingerprint density at radius 2 is 1.91 bits per heavy atom. The van der Waals surface area contributed by atoms with Gasteiger partial charge in [0, 0.05) is 28.7 Å². The van der Waals surface area contributed by atoms with E-state index in [1.54, 1.807) is 24.3 Å². The van der Waals surface area contributed by atoms with Gasteiger partial charge in [0.15, 0.2) is 6.61 Å². The highest BCUT2D eigenvalue weighted by atomic mass is 35.5. The molecular formula is C18H17ClN2O2. The van der Waals surface area contributed by atoms with Crippen molar-refractivity contribution in [2.45, 2.75) is 6.42 Å². The van der Waals surface area contributed by atoms with E-state index in [4.69, 9.17) is 16.3 Å². The molecule has 3 aromatic rings. The third kappa shape index (κ3) is 4.05. The third-order valence-corrected chi connectivity index (χ3v) is 3.83. The van der Waals surface area contributed by atoms with Crippen LogP contribution in [0.1, 0.15) is 5.56 Å². The van der Waals surface area contributed by atoms with Crippen molar-refractivity contribution in [3.63, 3.8) is 0 Å². The number of hydrogen-bond donors (Lipinski definition) is 2. The Labute approximate surface area is 139 Å². The number of halogens is 1. The fourth-order valence-corrected chi connectivity index (χ4v) is 2.53. The van der Waals surface area contributed by atoms with Crippen LogP contribution in [0.4, 0.5) is 0 Å². The topological polar surface area (TPSA) is 54.1 Å². The van der Waals surface area contributed by atoms with Gasteiger partial charge in [-0.05, 0) is 42.3 Å². The highest BCUT2D eigenvalue weighted by Crippen LogP contribution is 2.18. The van der Waals surface area contributed by atoms with Crippen LogP contribution in [0.3, 0.4) is 0 Å². The van der Waals surface area contributed by atoms with Gasteiger partial charge in [0.25, 0.3) is 5.91 Å². The molecular weight excluding hydrogens is 312 g/mol. The molecule has 0 aliphatic rings. The molecule has 23 heavy (non-hydrogen) atoms. The number of benzene rings is 2. The van der Waals surface area contributed by atoms with Gasteiger partial charge in [-0.3, -0.25) is 4.79 Å². The van der Waals surface area contributed by atoms with E-state index < -0.39 is 0 Å². The van der Waals surface area contributed by atoms with Crippen molar-refractivity contribution in [2.75, 3.05) is 13.2 Å². The number of aromatic amines is 1. The molecule has 1 heterocycles. The largest absolute Gasteiger partial charge is 0.484 e. The average molecular weight is 329 g/mol. The molecule has 0 unspecified atom stereocenters. The van der Waals surface area contributed by atoms with Gasteiger partial charge in [0.2, 0.25) is 0 Å². The van der Waals surface area contributed by atoms with Crippen LogP contribution in [-0.4, -0.2) is 24.0 Å². The summed E-state index contributed by atoms with van der Waals surface area (Å²) in [4.78, 5) is 15.0. The van der Waals surface area contributed by atoms with Crippen LogP contribution in [-0.2, 0) is 11.2 Å². The number of carbonyl (C=O) groups excluding carboxylic acids is 1. The first-order valence-corrected chi connectivity index (χ1v) is 7.80. The molecule has 2 N–H and O–H groups in total. The summed E-state index contributed by atoms with van der Waals surface area (Å²) in [5.74, 6) is 0.487. The van der Waals surface area contributed by atoms with E-state index in [1.807, 2.05) is 24.4 Å². The van der Waals surface area contributed by atoms with E-state index in [0.29, 0.717) is 17.3 Å². The van der Waals surface area contributed by atoms with Crippen LogP contribution >= 0.6 is 11.6 Å². The van der Waals surface area contributed by atoms with Crippen molar-refractivity contribution in [3.05, 3.63) is 65.3 Å². The number of rotatable bonds is 6. The zero-order chi connectivity index (χ0) is 16.1. The number of amides is 1. The second-order valence-corrected chi connectivity index (χ2v) is 5.64. The molecule has 118 valence electrons. The van der Waals surface area contributed by atoms with Crippen molar-refractivity contribution in [3.8, 4) is 5.75 Å². The maximum Gasteiger partial charge on any atom is 0.257 e. The molecule has 0 atom stereocenters. The van der Waals surface area contributed by atoms with Crippen LogP contribution in [0.15, 0.2) is 54.7 Å². The summed E-state index contributed by atoms with van der Waals surface area (Å²) < 4.78 is 5.40. The molecule has 4 nitrogen and oxygen atoms in total. The summed E-state index contributed by atoms with van der Waals surface area (Å²) in [5.41, 5.74) is 2.31. The zero-order valence-corrected chi connectivity index (χ0v) is 13.3. The molecule has 0 radical (unpaired) electrons. The molecule has 0 fully saturated rings. The lowest BCUT2D eigenvalue weighted by atomic mass is 10.1. The van der Waals surface area contributed by atoms with Gasteiger partial charge in [-0.1, -0.05) is 29.8 Å². The SMILES string of the molecule is O=C(COc1ccc(Cl)cc1)NCCc1c[nH]c2ccccc12. The molecule has 1 amide bonds. The number of hydrogen-bond acceptors (Lipinski definition) is 2. The molecule has 5 heteroatoms. The molecule has 0 saturated carbocycles. The van der Waals surface area contributed by atoms with E-state index in [1.165, 1.54) is 10.9 Å². The highest BCUT2D eigenvalue weighted by Gasteiger charge is 2.05. The number of para-hydroxylation sites is 1. The van der Waals surface area contributed by atoms with E-state index in [9.17, 15) is 4.79 Å². The summed E-state index contributed by atoms with van der Waals surface area (Å²) in [6.45, 7) is 0.570. The average Bonchev–Trinajstić information content (AvgIpc) is 2.98. The van der Waals surface area contributed by atoms with Crippen molar-refractivity contribution in [2.24, 2.45) is 0 Å². The second kappa shape index (κ2) is 7.20. The zero-order valence-electron chi connectivity index (χ0n) is 12.5. The Morgan fingerprint density at radius 3 is 2.74 bits per heavy atom. The van der Waals surface area contributed by atoms with Crippen molar-refractivity contribution >= 4 is 28.4 Å². The summed E-state index contributed by atoms with van der Waals surface area (Å²) in [5, 5.41) is 4.70. The molecule has 2 aromatic carbocycles. The van der Waals surface area contributed by atoms with Crippen molar-refractivity contribution < 1.29 is 9.53 Å². The lowest BCUT2D eigenvalue weighted by molar-refractivity contribution is -0.123. The van der Waals surface area contributed by atoms with Gasteiger partial charge in [-0.15, -0.1) is 0 Å². The van der Waals surface area contributed by atoms with E-state index >= 15 is 0 Å². The summed E-state index contributed by atoms with van der Waals surface area (Å²) in [6, 6.07) is 15.1. The van der Waals surface area contributed by atoms with Crippen LogP contribution in [0, 0.1) is 0 Å². The van der Waals surface area contributed by atoms with Crippen LogP contribution in [0.5, 0.6) is 5.75 Å². The molecule has 0 bridgehead atoms. The Balaban J connectivity index is 1.45. The molecule has 0 saturated heterocycles. The van der Waals surface area contributed by atoms with E-state index in [0.717, 1.165) is 11.9 Å². The highest BCUT2D eigenvalue weighted by molar-refractivity contribution is 6.30. The van der Waals surface area contributed by atoms with Gasteiger partial charge < -0.3 is 15.0 Å². The van der Waals surface area contributed by atoms with Crippen LogP contribution in [0.2, 0.25) is 5.02 Å². The van der Waals surface area contributed by atoms with Crippen molar-refractivity contribution in [1.29, 1.82) is 0 Å². The lowest BCUT2D eigenvalue weighted by Crippen LogP contribution is -2.30. The van der Waals surface area contributed by atoms with Crippen molar-refractivity contribution in [1.82, 2.24) is 10.3 Å². The van der Waals surface area contributed by atoms with Gasteiger partial charge in [-0.25, -0.2) is 0 Å². The first-order valence-electron chi connectivity index (χ1n) is 7.42. The quantitative estimate of drug-likeness (QED) is 0.727. The molecule has 0 aliphatic carbocycles. The third-order valence-electron chi connectivity index (χ3n) is 3.57. The van der Waals surface area contributed by atoms with Crippen LogP contribution < -0.4 is 10.1 Å². The predicted molar refractivity (Wildman–Crippen MR) is 92.0 cm³/mol. The number of ether oxygens (including phenoxy) is 1. The smallest absolute Gasteiger partial charge is 0.257 e. The maximum absolute atomic E-state index is 11.8.